The molecule has 0 aliphatic heterocycles. The predicted octanol–water partition coefficient (Wildman–Crippen LogP) is 5.20. The Morgan fingerprint density at radius 2 is 1.77 bits per heavy atom. The summed E-state index contributed by atoms with van der Waals surface area (Å²) < 4.78 is 11.1. The number of carbonyl (C=O) groups is 2. The smallest absolute Gasteiger partial charge is 0.270 e. The maximum absolute atomic E-state index is 12.9. The Hall–Kier alpha value is -4.43. The molecule has 2 amide bonds. The molecule has 9 heteroatoms. The van der Waals surface area contributed by atoms with Crippen LogP contribution in [-0.4, -0.2) is 21.8 Å². The van der Waals surface area contributed by atoms with E-state index in [1.54, 1.807) is 36.5 Å². The summed E-state index contributed by atoms with van der Waals surface area (Å²) in [5.41, 5.74) is 7.16. The van der Waals surface area contributed by atoms with E-state index in [4.69, 9.17) is 20.4 Å². The van der Waals surface area contributed by atoms with Crippen LogP contribution >= 0.6 is 11.6 Å². The Balaban J connectivity index is 1.23. The molecule has 0 saturated heterocycles. The largest absolute Gasteiger partial charge is 0.463 e. The summed E-state index contributed by atoms with van der Waals surface area (Å²) in [5.74, 6) is 0.596. The molecule has 5 rings (SSSR count). The number of rotatable bonds is 6. The summed E-state index contributed by atoms with van der Waals surface area (Å²) >= 11 is 6.19. The first-order valence-electron chi connectivity index (χ1n) is 10.8. The number of hydrogen-bond acceptors (Lipinski definition) is 6. The van der Waals surface area contributed by atoms with Crippen LogP contribution in [0.2, 0.25) is 5.02 Å². The molecule has 0 aliphatic carbocycles. The number of nitrogens with zero attached hydrogens (tertiary/aromatic N) is 2. The van der Waals surface area contributed by atoms with Gasteiger partial charge in [-0.1, -0.05) is 41.9 Å². The Kier molecular flexibility index (Phi) is 6.28. The molecule has 0 spiro atoms. The third-order valence-corrected chi connectivity index (χ3v) is 5.64. The quantitative estimate of drug-likeness (QED) is 0.319. The molecule has 3 aromatic heterocycles. The fraction of sp³-hybridized carbons (Fsp3) is 0.0769. The molecule has 3 heterocycles. The number of nitrogens with one attached hydrogen (secondary N) is 2. The van der Waals surface area contributed by atoms with Crippen LogP contribution in [0.25, 0.3) is 33.7 Å². The number of amides is 2. The molecular weight excluding hydrogens is 468 g/mol. The van der Waals surface area contributed by atoms with E-state index >= 15 is 0 Å². The molecule has 0 unspecified atom stereocenters. The molecule has 2 aromatic carbocycles. The molecule has 0 aliphatic rings. The third-order valence-electron chi connectivity index (χ3n) is 5.31. The average molecular weight is 487 g/mol. The Morgan fingerprint density at radius 1 is 0.943 bits per heavy atom. The van der Waals surface area contributed by atoms with Crippen LogP contribution in [-0.2, 0) is 11.2 Å². The van der Waals surface area contributed by atoms with Gasteiger partial charge in [0.15, 0.2) is 17.4 Å². The van der Waals surface area contributed by atoms with Crippen LogP contribution in [0.4, 0.5) is 0 Å². The maximum Gasteiger partial charge on any atom is 0.270 e. The van der Waals surface area contributed by atoms with E-state index in [0.717, 1.165) is 5.56 Å². The monoisotopic (exact) mass is 486 g/mol. The van der Waals surface area contributed by atoms with Gasteiger partial charge in [-0.15, -0.1) is 0 Å². The molecule has 35 heavy (non-hydrogen) atoms. The van der Waals surface area contributed by atoms with Gasteiger partial charge in [0.2, 0.25) is 5.91 Å². The molecule has 0 fully saturated rings. The van der Waals surface area contributed by atoms with Crippen LogP contribution in [0.15, 0.2) is 88.0 Å². The zero-order valence-corrected chi connectivity index (χ0v) is 19.1. The lowest BCUT2D eigenvalue weighted by atomic mass is 10.1. The van der Waals surface area contributed by atoms with Crippen molar-refractivity contribution < 1.29 is 18.4 Å². The van der Waals surface area contributed by atoms with E-state index in [9.17, 15) is 9.59 Å². The van der Waals surface area contributed by atoms with E-state index in [1.165, 1.54) is 6.26 Å². The van der Waals surface area contributed by atoms with Gasteiger partial charge in [0.05, 0.1) is 28.6 Å². The molecule has 0 atom stereocenters. The summed E-state index contributed by atoms with van der Waals surface area (Å²) in [6, 6.07) is 19.7. The minimum atomic E-state index is -0.470. The summed E-state index contributed by atoms with van der Waals surface area (Å²) in [6.45, 7) is 0. The highest BCUT2D eigenvalue weighted by Gasteiger charge is 2.16. The summed E-state index contributed by atoms with van der Waals surface area (Å²) in [6.07, 6.45) is 3.43. The topological polar surface area (TPSA) is 110 Å². The zero-order chi connectivity index (χ0) is 24.2. The highest BCUT2D eigenvalue weighted by Crippen LogP contribution is 2.28. The van der Waals surface area contributed by atoms with E-state index in [-0.39, 0.29) is 18.7 Å². The average Bonchev–Trinajstić information content (AvgIpc) is 3.58. The first-order valence-corrected chi connectivity index (χ1v) is 11.2. The predicted molar refractivity (Wildman–Crippen MR) is 130 cm³/mol. The number of hydrogen-bond donors (Lipinski definition) is 2. The standard InChI is InChI=1S/C26H19ClN4O4/c27-19-8-3-1-7-17(19)23-15-28-25(35-23)12-11-24(32)30-31-26(33)18-14-21(22-10-5-13-34-22)29-20-9-4-2-6-16(18)20/h1-10,13-15H,11-12H2,(H,30,32)(H,31,33). The minimum Gasteiger partial charge on any atom is -0.463 e. The van der Waals surface area contributed by atoms with E-state index in [0.29, 0.717) is 44.6 Å². The van der Waals surface area contributed by atoms with Crippen LogP contribution in [0.3, 0.4) is 0 Å². The number of aromatic nitrogens is 2. The number of benzene rings is 2. The number of furan rings is 1. The molecule has 174 valence electrons. The van der Waals surface area contributed by atoms with Crippen molar-refractivity contribution in [3.63, 3.8) is 0 Å². The second-order valence-electron chi connectivity index (χ2n) is 7.65. The van der Waals surface area contributed by atoms with Gasteiger partial charge in [0.1, 0.15) is 5.69 Å². The molecule has 0 radical (unpaired) electrons. The second-order valence-corrected chi connectivity index (χ2v) is 8.06. The van der Waals surface area contributed by atoms with Crippen molar-refractivity contribution in [3.8, 4) is 22.8 Å². The minimum absolute atomic E-state index is 0.0670. The number of hydrazine groups is 1. The SMILES string of the molecule is O=C(CCc1ncc(-c2ccccc2Cl)o1)NNC(=O)c1cc(-c2ccco2)nc2ccccc12. The van der Waals surface area contributed by atoms with Gasteiger partial charge in [0.25, 0.3) is 5.91 Å². The van der Waals surface area contributed by atoms with Crippen LogP contribution < -0.4 is 10.9 Å². The van der Waals surface area contributed by atoms with Gasteiger partial charge in [-0.3, -0.25) is 20.4 Å². The summed E-state index contributed by atoms with van der Waals surface area (Å²) in [5, 5.41) is 1.20. The highest BCUT2D eigenvalue weighted by molar-refractivity contribution is 6.33. The van der Waals surface area contributed by atoms with Gasteiger partial charge in [0, 0.05) is 23.8 Å². The number of pyridine rings is 1. The summed E-state index contributed by atoms with van der Waals surface area (Å²) in [7, 11) is 0. The number of aryl methyl sites for hydroxylation is 1. The van der Waals surface area contributed by atoms with Crippen LogP contribution in [0, 0.1) is 0 Å². The van der Waals surface area contributed by atoms with Crippen molar-refractivity contribution in [3.05, 3.63) is 95.7 Å². The van der Waals surface area contributed by atoms with Gasteiger partial charge < -0.3 is 8.83 Å². The van der Waals surface area contributed by atoms with Crippen LogP contribution in [0.5, 0.6) is 0 Å². The first kappa shape index (κ1) is 22.4. The van der Waals surface area contributed by atoms with Crippen molar-refractivity contribution in [2.24, 2.45) is 0 Å². The van der Waals surface area contributed by atoms with Gasteiger partial charge in [-0.2, -0.15) is 0 Å². The van der Waals surface area contributed by atoms with E-state index in [2.05, 4.69) is 20.8 Å². The first-order chi connectivity index (χ1) is 17.1. The van der Waals surface area contributed by atoms with Gasteiger partial charge in [-0.25, -0.2) is 9.97 Å². The zero-order valence-electron chi connectivity index (χ0n) is 18.3. The Labute approximate surface area is 204 Å². The van der Waals surface area contributed by atoms with Crippen molar-refractivity contribution in [2.75, 3.05) is 0 Å². The fourth-order valence-corrected chi connectivity index (χ4v) is 3.83. The maximum atomic E-state index is 12.9. The molecule has 5 aromatic rings. The van der Waals surface area contributed by atoms with Gasteiger partial charge >= 0.3 is 0 Å². The molecular formula is C26H19ClN4O4. The third kappa shape index (κ3) is 4.92. The van der Waals surface area contributed by atoms with E-state index < -0.39 is 5.91 Å². The molecule has 0 bridgehead atoms. The molecule has 8 nitrogen and oxygen atoms in total. The summed E-state index contributed by atoms with van der Waals surface area (Å²) in [4.78, 5) is 34.1. The van der Waals surface area contributed by atoms with Crippen molar-refractivity contribution in [2.45, 2.75) is 12.8 Å². The lowest BCUT2D eigenvalue weighted by molar-refractivity contribution is -0.121. The lowest BCUT2D eigenvalue weighted by Crippen LogP contribution is -2.41. The normalized spacial score (nSPS) is 10.9. The fourth-order valence-electron chi connectivity index (χ4n) is 3.60. The number of fused-ring (bicyclic) bond motifs is 1. The van der Waals surface area contributed by atoms with Crippen molar-refractivity contribution in [1.29, 1.82) is 0 Å². The number of halogens is 1. The number of carbonyl (C=O) groups excluding carboxylic acids is 2. The Morgan fingerprint density at radius 3 is 2.60 bits per heavy atom. The number of para-hydroxylation sites is 1. The van der Waals surface area contributed by atoms with Crippen LogP contribution in [0.1, 0.15) is 22.7 Å². The van der Waals surface area contributed by atoms with Gasteiger partial charge in [-0.05, 0) is 36.4 Å². The van der Waals surface area contributed by atoms with Crippen molar-refractivity contribution >= 4 is 34.3 Å². The van der Waals surface area contributed by atoms with E-state index in [1.807, 2.05) is 36.4 Å². The second kappa shape index (κ2) is 9.82. The molecule has 0 saturated carbocycles. The number of oxazole rings is 1. The lowest BCUT2D eigenvalue weighted by Gasteiger charge is -2.10. The molecule has 2 N–H and O–H groups in total. The Bertz CT molecular complexity index is 1510. The van der Waals surface area contributed by atoms with Crippen molar-refractivity contribution in [1.82, 2.24) is 20.8 Å². The highest BCUT2D eigenvalue weighted by atomic mass is 35.5.